The minimum Gasteiger partial charge on any atom is -0.480 e. The van der Waals surface area contributed by atoms with Gasteiger partial charge in [0.05, 0.1) is 13.2 Å². The number of carboxylic acids is 1. The number of carbonyl (C=O) groups is 2. The zero-order valence-electron chi connectivity index (χ0n) is 9.73. The van der Waals surface area contributed by atoms with Gasteiger partial charge in [-0.15, -0.1) is 0 Å². The molecular weight excluding hydrogens is 214 g/mol. The highest BCUT2D eigenvalue weighted by Gasteiger charge is 2.35. The Morgan fingerprint density at radius 1 is 1.44 bits per heavy atom. The van der Waals surface area contributed by atoms with Crippen molar-refractivity contribution >= 4 is 12.1 Å². The molecule has 6 nitrogen and oxygen atoms in total. The maximum atomic E-state index is 11.7. The molecule has 1 amide bonds. The average Bonchev–Trinajstić information content (AvgIpc) is 2.15. The van der Waals surface area contributed by atoms with Crippen LogP contribution in [0.5, 0.6) is 0 Å². The summed E-state index contributed by atoms with van der Waals surface area (Å²) in [6.45, 7) is 5.80. The van der Waals surface area contributed by atoms with Gasteiger partial charge in [0, 0.05) is 6.54 Å². The number of aliphatic carboxylic acids is 1. The molecule has 1 rings (SSSR count). The molecule has 0 radical (unpaired) electrons. The van der Waals surface area contributed by atoms with Crippen molar-refractivity contribution in [3.63, 3.8) is 0 Å². The fourth-order valence-corrected chi connectivity index (χ4v) is 1.35. The number of hydrogen-bond acceptors (Lipinski definition) is 4. The van der Waals surface area contributed by atoms with Gasteiger partial charge < -0.3 is 14.6 Å². The van der Waals surface area contributed by atoms with Crippen molar-refractivity contribution in [1.82, 2.24) is 4.90 Å². The maximum Gasteiger partial charge on any atom is 0.411 e. The Balaban J connectivity index is 2.68. The molecule has 0 saturated carbocycles. The first-order valence-corrected chi connectivity index (χ1v) is 5.11. The van der Waals surface area contributed by atoms with E-state index in [4.69, 9.17) is 14.6 Å². The Morgan fingerprint density at radius 3 is 2.56 bits per heavy atom. The molecule has 0 unspecified atom stereocenters. The van der Waals surface area contributed by atoms with Crippen LogP contribution in [0.3, 0.4) is 0 Å². The zero-order chi connectivity index (χ0) is 12.3. The number of carboxylic acid groups (broad SMARTS) is 1. The molecule has 1 aliphatic heterocycles. The fourth-order valence-electron chi connectivity index (χ4n) is 1.35. The summed E-state index contributed by atoms with van der Waals surface area (Å²) in [7, 11) is 0. The van der Waals surface area contributed by atoms with Crippen LogP contribution in [0.15, 0.2) is 0 Å². The van der Waals surface area contributed by atoms with Crippen molar-refractivity contribution in [2.24, 2.45) is 0 Å². The molecule has 16 heavy (non-hydrogen) atoms. The molecule has 0 aromatic rings. The molecule has 1 heterocycles. The van der Waals surface area contributed by atoms with E-state index in [0.29, 0.717) is 6.61 Å². The topological polar surface area (TPSA) is 76.1 Å². The summed E-state index contributed by atoms with van der Waals surface area (Å²) in [6.07, 6.45) is -0.608. The van der Waals surface area contributed by atoms with Gasteiger partial charge in [-0.05, 0) is 20.8 Å². The third kappa shape index (κ3) is 3.37. The van der Waals surface area contributed by atoms with Gasteiger partial charge in [-0.3, -0.25) is 4.90 Å². The van der Waals surface area contributed by atoms with E-state index in [2.05, 4.69) is 0 Å². The largest absolute Gasteiger partial charge is 0.480 e. The minimum atomic E-state index is -1.08. The quantitative estimate of drug-likeness (QED) is 0.719. The van der Waals surface area contributed by atoms with E-state index in [1.54, 1.807) is 20.8 Å². The van der Waals surface area contributed by atoms with Gasteiger partial charge in [0.2, 0.25) is 0 Å². The summed E-state index contributed by atoms with van der Waals surface area (Å²) in [6, 6.07) is -0.955. The monoisotopic (exact) mass is 231 g/mol. The fraction of sp³-hybridized carbons (Fsp3) is 0.800. The van der Waals surface area contributed by atoms with E-state index < -0.39 is 23.7 Å². The number of morpholine rings is 1. The molecule has 0 aromatic heterocycles. The van der Waals surface area contributed by atoms with Crippen LogP contribution in [0.1, 0.15) is 20.8 Å². The van der Waals surface area contributed by atoms with Crippen molar-refractivity contribution in [3.05, 3.63) is 0 Å². The summed E-state index contributed by atoms with van der Waals surface area (Å²) in [5.41, 5.74) is -0.627. The second kappa shape index (κ2) is 4.69. The number of hydrogen-bond donors (Lipinski definition) is 1. The van der Waals surface area contributed by atoms with E-state index in [0.717, 1.165) is 0 Å². The molecule has 0 bridgehead atoms. The smallest absolute Gasteiger partial charge is 0.411 e. The van der Waals surface area contributed by atoms with Crippen molar-refractivity contribution in [3.8, 4) is 0 Å². The third-order valence-corrected chi connectivity index (χ3v) is 2.04. The Bertz CT molecular complexity index is 283. The Kier molecular flexibility index (Phi) is 3.74. The molecule has 1 N–H and O–H groups in total. The summed E-state index contributed by atoms with van der Waals surface area (Å²) >= 11 is 0. The summed E-state index contributed by atoms with van der Waals surface area (Å²) in [5.74, 6) is -1.08. The van der Waals surface area contributed by atoms with Crippen LogP contribution in [0.25, 0.3) is 0 Å². The number of amides is 1. The van der Waals surface area contributed by atoms with Crippen molar-refractivity contribution in [2.75, 3.05) is 19.8 Å². The lowest BCUT2D eigenvalue weighted by atomic mass is 10.2. The molecule has 0 aromatic carbocycles. The highest BCUT2D eigenvalue weighted by atomic mass is 16.6. The van der Waals surface area contributed by atoms with Gasteiger partial charge in [0.15, 0.2) is 6.04 Å². The predicted octanol–water partition coefficient (Wildman–Crippen LogP) is 0.707. The highest BCUT2D eigenvalue weighted by molar-refractivity contribution is 5.80. The minimum absolute atomic E-state index is 0.00851. The van der Waals surface area contributed by atoms with Crippen LogP contribution in [0.2, 0.25) is 0 Å². The predicted molar refractivity (Wildman–Crippen MR) is 55.2 cm³/mol. The van der Waals surface area contributed by atoms with E-state index in [9.17, 15) is 9.59 Å². The maximum absolute atomic E-state index is 11.7. The van der Waals surface area contributed by atoms with Gasteiger partial charge in [-0.1, -0.05) is 0 Å². The molecule has 1 atom stereocenters. The van der Waals surface area contributed by atoms with Crippen molar-refractivity contribution < 1.29 is 24.2 Å². The van der Waals surface area contributed by atoms with Crippen LogP contribution < -0.4 is 0 Å². The molecule has 0 aliphatic carbocycles. The van der Waals surface area contributed by atoms with Crippen molar-refractivity contribution in [2.45, 2.75) is 32.4 Å². The third-order valence-electron chi connectivity index (χ3n) is 2.04. The van der Waals surface area contributed by atoms with Crippen LogP contribution >= 0.6 is 0 Å². The summed E-state index contributed by atoms with van der Waals surface area (Å²) in [5, 5.41) is 8.93. The Labute approximate surface area is 94.1 Å². The molecule has 1 saturated heterocycles. The summed E-state index contributed by atoms with van der Waals surface area (Å²) < 4.78 is 10.1. The van der Waals surface area contributed by atoms with Crippen LogP contribution in [-0.2, 0) is 14.3 Å². The standard InChI is InChI=1S/C10H17NO5/c1-10(2,3)16-9(14)11-4-5-15-6-7(11)8(12)13/h7H,4-6H2,1-3H3,(H,12,13)/t7-/m0/s1. The van der Waals surface area contributed by atoms with Crippen LogP contribution in [0, 0.1) is 0 Å². The molecule has 1 aliphatic rings. The lowest BCUT2D eigenvalue weighted by molar-refractivity contribution is -0.149. The van der Waals surface area contributed by atoms with Crippen LogP contribution in [0.4, 0.5) is 4.79 Å². The molecule has 92 valence electrons. The van der Waals surface area contributed by atoms with E-state index in [1.807, 2.05) is 0 Å². The van der Waals surface area contributed by atoms with E-state index in [1.165, 1.54) is 4.90 Å². The van der Waals surface area contributed by atoms with Crippen LogP contribution in [-0.4, -0.2) is 53.5 Å². The van der Waals surface area contributed by atoms with Gasteiger partial charge >= 0.3 is 12.1 Å². The lowest BCUT2D eigenvalue weighted by Crippen LogP contribution is -2.53. The van der Waals surface area contributed by atoms with Gasteiger partial charge in [-0.2, -0.15) is 0 Å². The van der Waals surface area contributed by atoms with Gasteiger partial charge in [0.1, 0.15) is 5.60 Å². The molecular formula is C10H17NO5. The van der Waals surface area contributed by atoms with E-state index in [-0.39, 0.29) is 13.2 Å². The molecule has 0 spiro atoms. The van der Waals surface area contributed by atoms with Gasteiger partial charge in [0.25, 0.3) is 0 Å². The van der Waals surface area contributed by atoms with Gasteiger partial charge in [-0.25, -0.2) is 9.59 Å². The first-order valence-electron chi connectivity index (χ1n) is 5.11. The molecule has 1 fully saturated rings. The zero-order valence-corrected chi connectivity index (χ0v) is 9.73. The first-order chi connectivity index (χ1) is 7.31. The molecule has 6 heteroatoms. The average molecular weight is 231 g/mol. The second-order valence-corrected chi connectivity index (χ2v) is 4.60. The number of nitrogens with zero attached hydrogens (tertiary/aromatic N) is 1. The number of ether oxygens (including phenoxy) is 2. The normalized spacial score (nSPS) is 21.7. The Morgan fingerprint density at radius 2 is 2.06 bits per heavy atom. The summed E-state index contributed by atoms with van der Waals surface area (Å²) in [4.78, 5) is 23.8. The highest BCUT2D eigenvalue weighted by Crippen LogP contribution is 2.14. The first kappa shape index (κ1) is 12.8. The lowest BCUT2D eigenvalue weighted by Gasteiger charge is -2.34. The number of rotatable bonds is 1. The second-order valence-electron chi connectivity index (χ2n) is 4.60. The Hall–Kier alpha value is -1.30. The number of carbonyl (C=O) groups excluding carboxylic acids is 1. The van der Waals surface area contributed by atoms with Crippen molar-refractivity contribution in [1.29, 1.82) is 0 Å². The SMILES string of the molecule is CC(C)(C)OC(=O)N1CCOC[C@H]1C(=O)O. The van der Waals surface area contributed by atoms with E-state index >= 15 is 0 Å².